The molecule has 2 nitrogen and oxygen atoms in total. The fraction of sp³-hybridized carbons (Fsp3) is 0.154. The van der Waals surface area contributed by atoms with E-state index in [1.54, 1.807) is 12.3 Å². The molecule has 0 aliphatic heterocycles. The van der Waals surface area contributed by atoms with Crippen LogP contribution in [-0.4, -0.2) is 10.1 Å². The molecule has 2 rings (SSSR count). The van der Waals surface area contributed by atoms with Gasteiger partial charge in [-0.1, -0.05) is 24.3 Å². The van der Waals surface area contributed by atoms with Crippen molar-refractivity contribution in [1.82, 2.24) is 4.98 Å². The van der Waals surface area contributed by atoms with Gasteiger partial charge in [-0.15, -0.1) is 6.58 Å². The Morgan fingerprint density at radius 3 is 2.93 bits per heavy atom. The van der Waals surface area contributed by atoms with E-state index < -0.39 is 6.10 Å². The molecule has 1 atom stereocenters. The van der Waals surface area contributed by atoms with Crippen molar-refractivity contribution in [3.63, 3.8) is 0 Å². The summed E-state index contributed by atoms with van der Waals surface area (Å²) in [4.78, 5) is 4.25. The molecule has 0 aliphatic rings. The average molecular weight is 199 g/mol. The fourth-order valence-electron chi connectivity index (χ4n) is 1.69. The summed E-state index contributed by atoms with van der Waals surface area (Å²) in [5.74, 6) is 0. The number of hydrogen-bond acceptors (Lipinski definition) is 2. The Hall–Kier alpha value is -1.67. The van der Waals surface area contributed by atoms with Gasteiger partial charge in [-0.3, -0.25) is 4.98 Å². The molecule has 76 valence electrons. The molecule has 1 N–H and O–H groups in total. The Bertz CT molecular complexity index is 473. The number of para-hydroxylation sites is 1. The lowest BCUT2D eigenvalue weighted by Crippen LogP contribution is -1.97. The van der Waals surface area contributed by atoms with Gasteiger partial charge in [0.25, 0.3) is 0 Å². The van der Waals surface area contributed by atoms with Gasteiger partial charge in [0.2, 0.25) is 0 Å². The molecule has 1 heterocycles. The zero-order chi connectivity index (χ0) is 10.7. The van der Waals surface area contributed by atoms with E-state index in [2.05, 4.69) is 11.6 Å². The lowest BCUT2D eigenvalue weighted by atomic mass is 10.0. The molecule has 1 aromatic carbocycles. The summed E-state index contributed by atoms with van der Waals surface area (Å²) >= 11 is 0. The van der Waals surface area contributed by atoms with Gasteiger partial charge < -0.3 is 5.11 Å². The molecule has 0 radical (unpaired) electrons. The average Bonchev–Trinajstić information content (AvgIpc) is 2.28. The molecule has 2 aromatic rings. The number of aliphatic hydroxyl groups is 1. The summed E-state index contributed by atoms with van der Waals surface area (Å²) in [6, 6.07) is 9.67. The van der Waals surface area contributed by atoms with E-state index in [9.17, 15) is 5.11 Å². The fourth-order valence-corrected chi connectivity index (χ4v) is 1.69. The Labute approximate surface area is 88.9 Å². The summed E-state index contributed by atoms with van der Waals surface area (Å²) in [7, 11) is 0. The van der Waals surface area contributed by atoms with E-state index in [1.807, 2.05) is 30.3 Å². The highest BCUT2D eigenvalue weighted by Gasteiger charge is 2.09. The molecular weight excluding hydrogens is 186 g/mol. The van der Waals surface area contributed by atoms with Crippen LogP contribution in [0.15, 0.2) is 49.2 Å². The predicted molar refractivity (Wildman–Crippen MR) is 61.5 cm³/mol. The minimum absolute atomic E-state index is 0.490. The smallest absolute Gasteiger partial charge is 0.0831 e. The number of pyridine rings is 1. The lowest BCUT2D eigenvalue weighted by molar-refractivity contribution is 0.183. The Balaban J connectivity index is 2.55. The number of hydrogen-bond donors (Lipinski definition) is 1. The first-order valence-electron chi connectivity index (χ1n) is 4.95. The largest absolute Gasteiger partial charge is 0.388 e. The van der Waals surface area contributed by atoms with Crippen molar-refractivity contribution < 1.29 is 5.11 Å². The molecule has 15 heavy (non-hydrogen) atoms. The SMILES string of the molecule is C=CCC(O)c1ccnc2ccccc12. The number of rotatable bonds is 3. The second-order valence-electron chi connectivity index (χ2n) is 3.46. The number of aliphatic hydroxyl groups excluding tert-OH is 1. The van der Waals surface area contributed by atoms with Crippen LogP contribution in [0, 0.1) is 0 Å². The highest BCUT2D eigenvalue weighted by atomic mass is 16.3. The molecule has 0 spiro atoms. The zero-order valence-electron chi connectivity index (χ0n) is 8.43. The van der Waals surface area contributed by atoms with Crippen LogP contribution < -0.4 is 0 Å². The summed E-state index contributed by atoms with van der Waals surface area (Å²) in [6.07, 6.45) is 3.52. The first-order chi connectivity index (χ1) is 7.33. The van der Waals surface area contributed by atoms with Gasteiger partial charge in [0.15, 0.2) is 0 Å². The summed E-state index contributed by atoms with van der Waals surface area (Å²) < 4.78 is 0. The minimum Gasteiger partial charge on any atom is -0.388 e. The van der Waals surface area contributed by atoms with Gasteiger partial charge in [0.1, 0.15) is 0 Å². The van der Waals surface area contributed by atoms with Crippen LogP contribution in [-0.2, 0) is 0 Å². The van der Waals surface area contributed by atoms with E-state index in [4.69, 9.17) is 0 Å². The highest BCUT2D eigenvalue weighted by Crippen LogP contribution is 2.24. The van der Waals surface area contributed by atoms with Crippen molar-refractivity contribution >= 4 is 10.9 Å². The van der Waals surface area contributed by atoms with Gasteiger partial charge in [-0.05, 0) is 24.1 Å². The van der Waals surface area contributed by atoms with Crippen LogP contribution in [0.3, 0.4) is 0 Å². The van der Waals surface area contributed by atoms with Crippen LogP contribution in [0.2, 0.25) is 0 Å². The Kier molecular flexibility index (Phi) is 2.79. The van der Waals surface area contributed by atoms with Crippen LogP contribution in [0.4, 0.5) is 0 Å². The van der Waals surface area contributed by atoms with Gasteiger partial charge in [-0.2, -0.15) is 0 Å². The summed E-state index contributed by atoms with van der Waals surface area (Å²) in [5, 5.41) is 10.9. The zero-order valence-corrected chi connectivity index (χ0v) is 8.43. The molecule has 0 saturated heterocycles. The van der Waals surface area contributed by atoms with E-state index in [0.29, 0.717) is 6.42 Å². The van der Waals surface area contributed by atoms with Crippen molar-refractivity contribution in [3.8, 4) is 0 Å². The van der Waals surface area contributed by atoms with Crippen LogP contribution in [0.1, 0.15) is 18.1 Å². The molecule has 0 bridgehead atoms. The van der Waals surface area contributed by atoms with E-state index >= 15 is 0 Å². The quantitative estimate of drug-likeness (QED) is 0.771. The maximum absolute atomic E-state index is 9.92. The van der Waals surface area contributed by atoms with E-state index in [-0.39, 0.29) is 0 Å². The van der Waals surface area contributed by atoms with Crippen molar-refractivity contribution in [2.45, 2.75) is 12.5 Å². The van der Waals surface area contributed by atoms with Gasteiger partial charge in [0, 0.05) is 11.6 Å². The minimum atomic E-state index is -0.490. The first kappa shape index (κ1) is 9.87. The number of benzene rings is 1. The summed E-state index contributed by atoms with van der Waals surface area (Å²) in [5.41, 5.74) is 1.83. The summed E-state index contributed by atoms with van der Waals surface area (Å²) in [6.45, 7) is 3.63. The van der Waals surface area contributed by atoms with Crippen molar-refractivity contribution in [1.29, 1.82) is 0 Å². The molecular formula is C13H13NO. The third-order valence-electron chi connectivity index (χ3n) is 2.43. The molecule has 0 saturated carbocycles. The monoisotopic (exact) mass is 199 g/mol. The third kappa shape index (κ3) is 1.90. The standard InChI is InChI=1S/C13H13NO/c1-2-5-13(15)11-8-9-14-12-7-4-3-6-10(11)12/h2-4,6-9,13,15H,1,5H2. The maximum Gasteiger partial charge on any atom is 0.0831 e. The molecule has 1 aromatic heterocycles. The van der Waals surface area contributed by atoms with Gasteiger partial charge in [-0.25, -0.2) is 0 Å². The van der Waals surface area contributed by atoms with Gasteiger partial charge >= 0.3 is 0 Å². The number of aromatic nitrogens is 1. The van der Waals surface area contributed by atoms with Crippen LogP contribution >= 0.6 is 0 Å². The van der Waals surface area contributed by atoms with Crippen molar-refractivity contribution in [2.75, 3.05) is 0 Å². The lowest BCUT2D eigenvalue weighted by Gasteiger charge is -2.10. The van der Waals surface area contributed by atoms with Crippen molar-refractivity contribution in [2.24, 2.45) is 0 Å². The molecule has 0 amide bonds. The predicted octanol–water partition coefficient (Wildman–Crippen LogP) is 2.84. The van der Waals surface area contributed by atoms with E-state index in [0.717, 1.165) is 16.5 Å². The normalized spacial score (nSPS) is 12.6. The molecule has 0 fully saturated rings. The first-order valence-corrected chi connectivity index (χ1v) is 4.95. The second-order valence-corrected chi connectivity index (χ2v) is 3.46. The Morgan fingerprint density at radius 1 is 1.33 bits per heavy atom. The van der Waals surface area contributed by atoms with Gasteiger partial charge in [0.05, 0.1) is 11.6 Å². The highest BCUT2D eigenvalue weighted by molar-refractivity contribution is 5.82. The maximum atomic E-state index is 9.92. The second kappa shape index (κ2) is 4.24. The molecule has 1 unspecified atom stereocenters. The Morgan fingerprint density at radius 2 is 2.13 bits per heavy atom. The number of nitrogens with zero attached hydrogens (tertiary/aromatic N) is 1. The third-order valence-corrected chi connectivity index (χ3v) is 2.43. The van der Waals surface area contributed by atoms with E-state index in [1.165, 1.54) is 0 Å². The molecule has 2 heteroatoms. The van der Waals surface area contributed by atoms with Crippen LogP contribution in [0.25, 0.3) is 10.9 Å². The number of fused-ring (bicyclic) bond motifs is 1. The molecule has 0 aliphatic carbocycles. The van der Waals surface area contributed by atoms with Crippen molar-refractivity contribution in [3.05, 3.63) is 54.7 Å². The topological polar surface area (TPSA) is 33.1 Å². The van der Waals surface area contributed by atoms with Crippen LogP contribution in [0.5, 0.6) is 0 Å².